The van der Waals surface area contributed by atoms with Gasteiger partial charge in [0.1, 0.15) is 0 Å². The van der Waals surface area contributed by atoms with E-state index in [1.165, 1.54) is 24.8 Å². The summed E-state index contributed by atoms with van der Waals surface area (Å²) in [5, 5.41) is 9.30. The number of benzene rings is 2. The maximum atomic E-state index is 13.3. The second-order valence-electron chi connectivity index (χ2n) is 13.5. The Labute approximate surface area is 285 Å². The number of urea groups is 2. The molecule has 0 bridgehead atoms. The van der Waals surface area contributed by atoms with Gasteiger partial charge in [-0.1, -0.05) is 62.4 Å². The highest BCUT2D eigenvalue weighted by molar-refractivity contribution is 6.01. The van der Waals surface area contributed by atoms with Gasteiger partial charge in [0.05, 0.1) is 11.4 Å². The van der Waals surface area contributed by atoms with Crippen molar-refractivity contribution in [1.29, 1.82) is 0 Å². The van der Waals surface area contributed by atoms with Gasteiger partial charge in [-0.05, 0) is 81.3 Å². The Bertz CT molecular complexity index is 1380. The molecule has 3 aliphatic rings. The molecule has 3 fully saturated rings. The largest absolute Gasteiger partial charge is 0.368 e. The van der Waals surface area contributed by atoms with Crippen LogP contribution >= 0.6 is 0 Å². The maximum absolute atomic E-state index is 13.3. The minimum atomic E-state index is -0.778. The quantitative estimate of drug-likeness (QED) is 0.249. The van der Waals surface area contributed by atoms with E-state index in [9.17, 15) is 19.2 Å². The van der Waals surface area contributed by atoms with Gasteiger partial charge < -0.3 is 31.5 Å². The summed E-state index contributed by atoms with van der Waals surface area (Å²) in [6.07, 6.45) is 11.0. The Hall–Kier alpha value is -4.12. The fraction of sp³-hybridized carbons (Fsp3) is 0.568. The van der Waals surface area contributed by atoms with Gasteiger partial charge in [-0.15, -0.1) is 0 Å². The summed E-state index contributed by atoms with van der Waals surface area (Å²) in [6, 6.07) is 14.2. The van der Waals surface area contributed by atoms with Crippen molar-refractivity contribution in [3.63, 3.8) is 0 Å². The fourth-order valence-corrected chi connectivity index (χ4v) is 7.30. The number of carbonyl (C=O) groups is 4. The number of nitrogens with two attached hydrogens (primary N) is 1. The predicted molar refractivity (Wildman–Crippen MR) is 190 cm³/mol. The van der Waals surface area contributed by atoms with Crippen LogP contribution < -0.4 is 26.6 Å². The van der Waals surface area contributed by atoms with E-state index >= 15 is 0 Å². The van der Waals surface area contributed by atoms with Crippen LogP contribution in [0.3, 0.4) is 0 Å². The van der Waals surface area contributed by atoms with E-state index in [1.54, 1.807) is 12.1 Å². The summed E-state index contributed by atoms with van der Waals surface area (Å²) in [7, 11) is 0. The normalized spacial score (nSPS) is 17.8. The molecule has 0 radical (unpaired) electrons. The zero-order valence-electron chi connectivity index (χ0n) is 28.3. The van der Waals surface area contributed by atoms with E-state index in [2.05, 4.69) is 33.0 Å². The Balaban J connectivity index is 1.27. The zero-order valence-corrected chi connectivity index (χ0v) is 28.3. The van der Waals surface area contributed by atoms with Gasteiger partial charge in [-0.3, -0.25) is 9.59 Å². The van der Waals surface area contributed by atoms with E-state index in [4.69, 9.17) is 5.73 Å². The van der Waals surface area contributed by atoms with Crippen LogP contribution in [0.25, 0.3) is 0 Å². The average Bonchev–Trinajstić information content (AvgIpc) is 3.36. The molecule has 0 spiro atoms. The molecule has 1 saturated carbocycles. The van der Waals surface area contributed by atoms with E-state index < -0.39 is 12.1 Å². The highest BCUT2D eigenvalue weighted by atomic mass is 16.2. The maximum Gasteiger partial charge on any atom is 0.329 e. The predicted octanol–water partition coefficient (Wildman–Crippen LogP) is 5.57. The van der Waals surface area contributed by atoms with Crippen LogP contribution in [0.1, 0.15) is 76.2 Å². The van der Waals surface area contributed by atoms with Crippen molar-refractivity contribution in [2.24, 2.45) is 17.6 Å². The van der Waals surface area contributed by atoms with E-state index in [0.29, 0.717) is 49.8 Å². The fourth-order valence-electron chi connectivity index (χ4n) is 7.30. The second-order valence-corrected chi connectivity index (χ2v) is 13.5. The van der Waals surface area contributed by atoms with Gasteiger partial charge in [-0.25, -0.2) is 14.5 Å². The molecule has 2 heterocycles. The lowest BCUT2D eigenvalue weighted by molar-refractivity contribution is -0.136. The van der Waals surface area contributed by atoms with Gasteiger partial charge in [0.15, 0.2) is 0 Å². The molecular weight excluding hydrogens is 606 g/mol. The molecule has 6 amide bonds. The molecule has 48 heavy (non-hydrogen) atoms. The van der Waals surface area contributed by atoms with Crippen molar-refractivity contribution in [3.05, 3.63) is 54.1 Å². The standard InChI is InChI=1S/C37H53N7O4/c38-36(47)44(24-19-29-11-5-2-6-12-29)37(48)40-31-15-16-33(32(27-31)41-34(45)14-7-13-28-9-3-1-4-10-28)42-22-8-23-43(26-25-42)35(46)30-17-20-39-21-18-30/h1,3-4,9-10,15-16,27,29-30,39H,2,5-8,11-14,17-26H2,(H2,38,47)(H,40,48)(H,41,45). The van der Waals surface area contributed by atoms with Crippen LogP contribution in [-0.4, -0.2) is 79.5 Å². The summed E-state index contributed by atoms with van der Waals surface area (Å²) >= 11 is 0. The molecule has 1 aliphatic carbocycles. The molecule has 11 heteroatoms. The van der Waals surface area contributed by atoms with Crippen molar-refractivity contribution in [1.82, 2.24) is 15.1 Å². The number of piperidine rings is 1. The third kappa shape index (κ3) is 10.2. The Kier molecular flexibility index (Phi) is 13.1. The number of primary amides is 1. The lowest BCUT2D eigenvalue weighted by atomic mass is 9.87. The third-order valence-electron chi connectivity index (χ3n) is 10.1. The molecule has 2 aromatic rings. The summed E-state index contributed by atoms with van der Waals surface area (Å²) in [5.41, 5.74) is 8.71. The molecular formula is C37H53N7O4. The number of hydrogen-bond donors (Lipinski definition) is 4. The minimum Gasteiger partial charge on any atom is -0.368 e. The van der Waals surface area contributed by atoms with E-state index in [0.717, 1.165) is 75.2 Å². The first-order chi connectivity index (χ1) is 23.4. The van der Waals surface area contributed by atoms with E-state index in [-0.39, 0.29) is 24.3 Å². The Morgan fingerprint density at radius 1 is 0.854 bits per heavy atom. The Morgan fingerprint density at radius 2 is 1.62 bits per heavy atom. The first-order valence-corrected chi connectivity index (χ1v) is 18.0. The van der Waals surface area contributed by atoms with Crippen LogP contribution in [-0.2, 0) is 16.0 Å². The van der Waals surface area contributed by atoms with Crippen LogP contribution in [0.15, 0.2) is 48.5 Å². The number of rotatable bonds is 11. The monoisotopic (exact) mass is 659 g/mol. The lowest BCUT2D eigenvalue weighted by Gasteiger charge is -2.29. The molecule has 0 aromatic heterocycles. The number of anilines is 3. The summed E-state index contributed by atoms with van der Waals surface area (Å²) in [4.78, 5) is 57.4. The molecule has 2 aromatic carbocycles. The molecule has 0 unspecified atom stereocenters. The first kappa shape index (κ1) is 35.2. The molecule has 5 N–H and O–H groups in total. The molecule has 11 nitrogen and oxygen atoms in total. The number of aryl methyl sites for hydroxylation is 1. The van der Waals surface area contributed by atoms with Gasteiger partial charge in [0.25, 0.3) is 0 Å². The SMILES string of the molecule is NC(=O)N(CCC1CCCCC1)C(=O)Nc1ccc(N2CCCN(C(=O)C3CCNCC3)CC2)c(NC(=O)CCCc2ccccc2)c1. The highest BCUT2D eigenvalue weighted by Gasteiger charge is 2.28. The van der Waals surface area contributed by atoms with Crippen molar-refractivity contribution in [2.45, 2.75) is 77.0 Å². The number of carbonyl (C=O) groups excluding carboxylic acids is 4. The molecule has 5 rings (SSSR count). The van der Waals surface area contributed by atoms with Crippen molar-refractivity contribution in [3.8, 4) is 0 Å². The van der Waals surface area contributed by atoms with Gasteiger partial charge in [0, 0.05) is 50.7 Å². The molecule has 2 saturated heterocycles. The molecule has 2 aliphatic heterocycles. The van der Waals surface area contributed by atoms with Crippen LogP contribution in [0.5, 0.6) is 0 Å². The highest BCUT2D eigenvalue weighted by Crippen LogP contribution is 2.32. The average molecular weight is 660 g/mol. The van der Waals surface area contributed by atoms with E-state index in [1.807, 2.05) is 29.2 Å². The first-order valence-electron chi connectivity index (χ1n) is 18.0. The van der Waals surface area contributed by atoms with Crippen molar-refractivity contribution >= 4 is 40.9 Å². The second kappa shape index (κ2) is 17.9. The summed E-state index contributed by atoms with van der Waals surface area (Å²) < 4.78 is 0. The van der Waals surface area contributed by atoms with Crippen molar-refractivity contribution in [2.75, 3.05) is 61.3 Å². The zero-order chi connectivity index (χ0) is 33.7. The number of amides is 6. The number of nitrogens with zero attached hydrogens (tertiary/aromatic N) is 3. The third-order valence-corrected chi connectivity index (χ3v) is 10.1. The lowest BCUT2D eigenvalue weighted by Crippen LogP contribution is -2.44. The topological polar surface area (TPSA) is 140 Å². The number of hydrogen-bond acceptors (Lipinski definition) is 6. The Morgan fingerprint density at radius 3 is 2.38 bits per heavy atom. The summed E-state index contributed by atoms with van der Waals surface area (Å²) in [6.45, 7) is 4.72. The number of imide groups is 1. The van der Waals surface area contributed by atoms with Gasteiger partial charge >= 0.3 is 12.1 Å². The molecule has 260 valence electrons. The van der Waals surface area contributed by atoms with Crippen molar-refractivity contribution < 1.29 is 19.2 Å². The summed E-state index contributed by atoms with van der Waals surface area (Å²) in [5.74, 6) is 0.704. The van der Waals surface area contributed by atoms with Gasteiger partial charge in [-0.2, -0.15) is 0 Å². The van der Waals surface area contributed by atoms with Crippen LogP contribution in [0, 0.1) is 11.8 Å². The smallest absolute Gasteiger partial charge is 0.329 e. The molecule has 0 atom stereocenters. The van der Waals surface area contributed by atoms with Crippen LogP contribution in [0.4, 0.5) is 26.7 Å². The minimum absolute atomic E-state index is 0.0778. The van der Waals surface area contributed by atoms with Gasteiger partial charge in [0.2, 0.25) is 11.8 Å². The number of nitrogens with one attached hydrogen (secondary N) is 3. The van der Waals surface area contributed by atoms with Crippen LogP contribution in [0.2, 0.25) is 0 Å².